The number of sulfonamides is 1. The molecule has 0 aliphatic carbocycles. The molecule has 0 aliphatic rings. The molecule has 0 saturated heterocycles. The number of nitrogens with two attached hydrogens (primary N) is 1. The summed E-state index contributed by atoms with van der Waals surface area (Å²) in [4.78, 5) is 11.9. The van der Waals surface area contributed by atoms with Gasteiger partial charge >= 0.3 is 0 Å². The molecule has 19 heavy (non-hydrogen) atoms. The molecule has 0 unspecified atom stereocenters. The minimum absolute atomic E-state index is 0.0241. The molecule has 0 bridgehead atoms. The molecule has 8 heteroatoms. The number of nitrogens with one attached hydrogen (secondary N) is 1. The van der Waals surface area contributed by atoms with Crippen LogP contribution in [-0.2, 0) is 14.8 Å². The van der Waals surface area contributed by atoms with Gasteiger partial charge in [0, 0.05) is 11.9 Å². The zero-order valence-electron chi connectivity index (χ0n) is 11.1. The first-order valence-corrected chi connectivity index (χ1v) is 8.16. The number of amides is 1. The molecule has 0 fully saturated rings. The van der Waals surface area contributed by atoms with Crippen LogP contribution in [0.3, 0.4) is 0 Å². The smallest absolute Gasteiger partial charge is 0.252 e. The third kappa shape index (κ3) is 4.57. The Morgan fingerprint density at radius 3 is 2.63 bits per heavy atom. The molecule has 1 amide bonds. The first-order valence-electron chi connectivity index (χ1n) is 5.74. The molecule has 3 N–H and O–H groups in total. The molecule has 1 aromatic rings. The largest absolute Gasteiger partial charge is 0.377 e. The highest BCUT2D eigenvalue weighted by molar-refractivity contribution is 7.91. The van der Waals surface area contributed by atoms with Gasteiger partial charge in [-0.3, -0.25) is 4.79 Å². The molecule has 0 saturated carbocycles. The molecular formula is C11H18N2O4S2. The Bertz CT molecular complexity index is 549. The second-order valence-electron chi connectivity index (χ2n) is 4.28. The summed E-state index contributed by atoms with van der Waals surface area (Å²) in [6.07, 6.45) is 0.105. The highest BCUT2D eigenvalue weighted by Gasteiger charge is 2.20. The van der Waals surface area contributed by atoms with Crippen molar-refractivity contribution in [3.8, 4) is 0 Å². The van der Waals surface area contributed by atoms with Crippen LogP contribution >= 0.6 is 11.3 Å². The van der Waals surface area contributed by atoms with Crippen molar-refractivity contribution in [3.05, 3.63) is 16.5 Å². The molecule has 6 nitrogen and oxygen atoms in total. The first kappa shape index (κ1) is 16.1. The average Bonchev–Trinajstić information content (AvgIpc) is 2.65. The lowest BCUT2D eigenvalue weighted by atomic mass is 10.2. The Morgan fingerprint density at radius 2 is 2.16 bits per heavy atom. The summed E-state index contributed by atoms with van der Waals surface area (Å²) >= 11 is 0.950. The minimum Gasteiger partial charge on any atom is -0.377 e. The summed E-state index contributed by atoms with van der Waals surface area (Å²) in [6.45, 7) is 6.16. The summed E-state index contributed by atoms with van der Waals surface area (Å²) in [5, 5.41) is 9.22. The average molecular weight is 306 g/mol. The lowest BCUT2D eigenvalue weighted by Gasteiger charge is -2.08. The Kier molecular flexibility index (Phi) is 5.48. The predicted octanol–water partition coefficient (Wildman–Crippen LogP) is 0.859. The van der Waals surface area contributed by atoms with Crippen molar-refractivity contribution >= 4 is 27.3 Å². The summed E-state index contributed by atoms with van der Waals surface area (Å²) in [6, 6.07) is 0. The van der Waals surface area contributed by atoms with Crippen molar-refractivity contribution in [1.29, 1.82) is 0 Å². The van der Waals surface area contributed by atoms with Gasteiger partial charge in [0.1, 0.15) is 4.21 Å². The SMILES string of the molecule is Cc1c(C(=O)NCCOC(C)C)csc1S(N)(=O)=O. The van der Waals surface area contributed by atoms with Crippen molar-refractivity contribution < 1.29 is 17.9 Å². The van der Waals surface area contributed by atoms with E-state index in [1.54, 1.807) is 6.92 Å². The van der Waals surface area contributed by atoms with Gasteiger partial charge in [0.15, 0.2) is 0 Å². The maximum atomic E-state index is 11.9. The standard InChI is InChI=1S/C11H18N2O4S2/c1-7(2)17-5-4-13-10(14)9-6-18-11(8(9)3)19(12,15)16/h6-7H,4-5H2,1-3H3,(H,13,14)(H2,12,15,16). The van der Waals surface area contributed by atoms with Gasteiger partial charge in [-0.15, -0.1) is 11.3 Å². The molecular weight excluding hydrogens is 288 g/mol. The van der Waals surface area contributed by atoms with Gasteiger partial charge in [-0.1, -0.05) is 0 Å². The van der Waals surface area contributed by atoms with Gasteiger partial charge in [-0.05, 0) is 26.3 Å². The van der Waals surface area contributed by atoms with Gasteiger partial charge < -0.3 is 10.1 Å². The Balaban J connectivity index is 2.66. The Labute approximate surface area is 117 Å². The van der Waals surface area contributed by atoms with E-state index in [2.05, 4.69) is 5.32 Å². The molecule has 0 atom stereocenters. The van der Waals surface area contributed by atoms with Crippen molar-refractivity contribution in [1.82, 2.24) is 5.32 Å². The van der Waals surface area contributed by atoms with Crippen LogP contribution in [0.4, 0.5) is 0 Å². The van der Waals surface area contributed by atoms with Crippen LogP contribution in [0.25, 0.3) is 0 Å². The zero-order chi connectivity index (χ0) is 14.6. The quantitative estimate of drug-likeness (QED) is 0.761. The minimum atomic E-state index is -3.77. The summed E-state index contributed by atoms with van der Waals surface area (Å²) in [7, 11) is -3.77. The fourth-order valence-corrected chi connectivity index (χ4v) is 3.47. The maximum absolute atomic E-state index is 11.9. The van der Waals surface area contributed by atoms with E-state index in [4.69, 9.17) is 9.88 Å². The van der Waals surface area contributed by atoms with Crippen molar-refractivity contribution in [2.75, 3.05) is 13.2 Å². The second-order valence-corrected chi connectivity index (χ2v) is 6.92. The van der Waals surface area contributed by atoms with Crippen LogP contribution in [0.5, 0.6) is 0 Å². The number of hydrogen-bond acceptors (Lipinski definition) is 5. The van der Waals surface area contributed by atoms with E-state index in [-0.39, 0.29) is 16.2 Å². The van der Waals surface area contributed by atoms with Crippen LogP contribution in [-0.4, -0.2) is 33.6 Å². The van der Waals surface area contributed by atoms with E-state index in [9.17, 15) is 13.2 Å². The lowest BCUT2D eigenvalue weighted by Crippen LogP contribution is -2.28. The third-order valence-corrected chi connectivity index (χ3v) is 5.02. The monoisotopic (exact) mass is 306 g/mol. The summed E-state index contributed by atoms with van der Waals surface area (Å²) in [5.74, 6) is -0.323. The number of carbonyl (C=O) groups excluding carboxylic acids is 1. The molecule has 0 spiro atoms. The Morgan fingerprint density at radius 1 is 1.53 bits per heavy atom. The first-order chi connectivity index (χ1) is 8.73. The molecule has 1 rings (SSSR count). The van der Waals surface area contributed by atoms with Crippen LogP contribution < -0.4 is 10.5 Å². The van der Waals surface area contributed by atoms with Crippen LogP contribution in [0, 0.1) is 6.92 Å². The van der Waals surface area contributed by atoms with E-state index in [0.29, 0.717) is 24.3 Å². The zero-order valence-corrected chi connectivity index (χ0v) is 12.7. The number of primary sulfonamides is 1. The van der Waals surface area contributed by atoms with Crippen molar-refractivity contribution in [2.45, 2.75) is 31.1 Å². The van der Waals surface area contributed by atoms with Gasteiger partial charge in [0.2, 0.25) is 10.0 Å². The number of thiophene rings is 1. The van der Waals surface area contributed by atoms with Gasteiger partial charge in [0.25, 0.3) is 5.91 Å². The van der Waals surface area contributed by atoms with E-state index >= 15 is 0 Å². The fourth-order valence-electron chi connectivity index (χ4n) is 1.46. The second kappa shape index (κ2) is 6.47. The topological polar surface area (TPSA) is 98.5 Å². The number of rotatable bonds is 6. The molecule has 0 radical (unpaired) electrons. The van der Waals surface area contributed by atoms with Gasteiger partial charge in [-0.2, -0.15) is 0 Å². The molecule has 1 aromatic heterocycles. The summed E-state index contributed by atoms with van der Waals surface area (Å²) < 4.78 is 27.8. The van der Waals surface area contributed by atoms with E-state index in [1.807, 2.05) is 13.8 Å². The van der Waals surface area contributed by atoms with Crippen LogP contribution in [0.1, 0.15) is 29.8 Å². The number of ether oxygens (including phenoxy) is 1. The van der Waals surface area contributed by atoms with Gasteiger partial charge in [-0.25, -0.2) is 13.6 Å². The van der Waals surface area contributed by atoms with Gasteiger partial charge in [0.05, 0.1) is 18.3 Å². The maximum Gasteiger partial charge on any atom is 0.252 e. The lowest BCUT2D eigenvalue weighted by molar-refractivity contribution is 0.0746. The Hall–Kier alpha value is -0.960. The normalized spacial score (nSPS) is 11.8. The van der Waals surface area contributed by atoms with Crippen molar-refractivity contribution in [3.63, 3.8) is 0 Å². The fraction of sp³-hybridized carbons (Fsp3) is 0.545. The highest BCUT2D eigenvalue weighted by Crippen LogP contribution is 2.25. The number of carbonyl (C=O) groups is 1. The van der Waals surface area contributed by atoms with E-state index in [1.165, 1.54) is 5.38 Å². The van der Waals surface area contributed by atoms with E-state index < -0.39 is 10.0 Å². The predicted molar refractivity (Wildman–Crippen MR) is 73.9 cm³/mol. The van der Waals surface area contributed by atoms with Crippen LogP contribution in [0.15, 0.2) is 9.59 Å². The third-order valence-electron chi connectivity index (χ3n) is 2.34. The highest BCUT2D eigenvalue weighted by atomic mass is 32.2. The molecule has 1 heterocycles. The number of hydrogen-bond donors (Lipinski definition) is 2. The summed E-state index contributed by atoms with van der Waals surface area (Å²) in [5.41, 5.74) is 0.716. The molecule has 0 aliphatic heterocycles. The molecule has 0 aromatic carbocycles. The van der Waals surface area contributed by atoms with Crippen molar-refractivity contribution in [2.24, 2.45) is 5.14 Å². The van der Waals surface area contributed by atoms with E-state index in [0.717, 1.165) is 11.3 Å². The molecule has 108 valence electrons. The van der Waals surface area contributed by atoms with Crippen LogP contribution in [0.2, 0.25) is 0 Å².